The molecule has 3 amide bonds. The van der Waals surface area contributed by atoms with Crippen molar-refractivity contribution in [1.82, 2.24) is 14.9 Å². The number of aromatic nitrogens is 2. The molecular formula is C26H28N6O7. The first-order valence-corrected chi connectivity index (χ1v) is 12.6. The molecule has 0 bridgehead atoms. The molecular weight excluding hydrogens is 508 g/mol. The number of cyclic esters (lactones) is 1. The summed E-state index contributed by atoms with van der Waals surface area (Å²) in [5.41, 5.74) is 1.75. The molecule has 5 heterocycles. The van der Waals surface area contributed by atoms with Crippen molar-refractivity contribution in [2.24, 2.45) is 0 Å². The van der Waals surface area contributed by atoms with E-state index in [4.69, 9.17) is 18.9 Å². The highest BCUT2D eigenvalue weighted by molar-refractivity contribution is 6.01. The van der Waals surface area contributed by atoms with Crippen LogP contribution >= 0.6 is 0 Å². The summed E-state index contributed by atoms with van der Waals surface area (Å²) in [5.74, 6) is 0.806. The van der Waals surface area contributed by atoms with E-state index in [9.17, 15) is 19.6 Å². The maximum atomic E-state index is 13.3. The molecule has 2 saturated heterocycles. The van der Waals surface area contributed by atoms with Crippen LogP contribution in [-0.4, -0.2) is 85.0 Å². The predicted molar refractivity (Wildman–Crippen MR) is 136 cm³/mol. The van der Waals surface area contributed by atoms with E-state index in [-0.39, 0.29) is 41.5 Å². The number of amides is 3. The van der Waals surface area contributed by atoms with E-state index in [0.717, 1.165) is 5.56 Å². The van der Waals surface area contributed by atoms with Crippen molar-refractivity contribution in [3.8, 4) is 11.8 Å². The summed E-state index contributed by atoms with van der Waals surface area (Å²) in [5, 5.41) is 12.2. The van der Waals surface area contributed by atoms with E-state index in [1.807, 2.05) is 19.1 Å². The number of carbonyl (C=O) groups is 3. The second-order valence-electron chi connectivity index (χ2n) is 9.52. The Morgan fingerprint density at radius 2 is 2.13 bits per heavy atom. The predicted octanol–water partition coefficient (Wildman–Crippen LogP) is 2.28. The fraction of sp³-hybridized carbons (Fsp3) is 0.462. The lowest BCUT2D eigenvalue weighted by Crippen LogP contribution is -2.40. The molecule has 204 valence electrons. The van der Waals surface area contributed by atoms with Gasteiger partial charge in [-0.25, -0.2) is 19.6 Å². The minimum atomic E-state index is -0.494. The quantitative estimate of drug-likeness (QED) is 0.521. The summed E-state index contributed by atoms with van der Waals surface area (Å²) in [4.78, 5) is 49.0. The second-order valence-corrected chi connectivity index (χ2v) is 9.52. The number of nitrogens with one attached hydrogen (secondary N) is 1. The average molecular weight is 537 g/mol. The number of urea groups is 1. The highest BCUT2D eigenvalue weighted by Crippen LogP contribution is 2.30. The van der Waals surface area contributed by atoms with E-state index in [0.29, 0.717) is 56.9 Å². The van der Waals surface area contributed by atoms with Crippen molar-refractivity contribution in [1.29, 1.82) is 5.26 Å². The van der Waals surface area contributed by atoms with Gasteiger partial charge in [0.2, 0.25) is 0 Å². The molecule has 0 aliphatic carbocycles. The van der Waals surface area contributed by atoms with Gasteiger partial charge in [0.1, 0.15) is 47.4 Å². The van der Waals surface area contributed by atoms with E-state index in [1.165, 1.54) is 17.2 Å². The van der Waals surface area contributed by atoms with Crippen molar-refractivity contribution >= 4 is 30.0 Å². The summed E-state index contributed by atoms with van der Waals surface area (Å²) in [6, 6.07) is 4.73. The first-order chi connectivity index (χ1) is 18.9. The second kappa shape index (κ2) is 11.2. The van der Waals surface area contributed by atoms with Crippen LogP contribution in [0.15, 0.2) is 18.3 Å². The maximum Gasteiger partial charge on any atom is 0.410 e. The third kappa shape index (κ3) is 5.34. The molecule has 3 atom stereocenters. The number of fused-ring (bicyclic) bond motifs is 1. The molecule has 2 fully saturated rings. The van der Waals surface area contributed by atoms with Gasteiger partial charge < -0.3 is 18.9 Å². The third-order valence-electron chi connectivity index (χ3n) is 6.97. The zero-order valence-electron chi connectivity index (χ0n) is 21.6. The van der Waals surface area contributed by atoms with E-state index >= 15 is 0 Å². The Labute approximate surface area is 224 Å². The Morgan fingerprint density at radius 3 is 2.85 bits per heavy atom. The lowest BCUT2D eigenvalue weighted by molar-refractivity contribution is 0.0325. The first kappa shape index (κ1) is 26.3. The molecule has 0 saturated carbocycles. The molecule has 3 aliphatic rings. The number of methoxy groups -OCH3 is 1. The number of pyridine rings is 2. The highest BCUT2D eigenvalue weighted by Gasteiger charge is 2.33. The van der Waals surface area contributed by atoms with E-state index in [2.05, 4.69) is 15.3 Å². The fourth-order valence-corrected chi connectivity index (χ4v) is 4.80. The molecule has 5 rings (SSSR count). The molecule has 0 unspecified atom stereocenters. The standard InChI is InChI=1S/C26H28N6O7/c1-15-12-38-26(35)32(15)10-17-6-16-4-3-5-31(24(16)29-19(17)11-33)25(34)30-23-7-20(18(8-27)9-28-23)39-22-14-37-13-21(22)36-2/h6-7,9,11,15,21-22H,3-5,10,12-14H2,1-2H3,(H,28,30,34)/t15-,21-,22-/m0/s1. The van der Waals surface area contributed by atoms with E-state index < -0.39 is 18.2 Å². The van der Waals surface area contributed by atoms with Crippen LogP contribution in [0.4, 0.5) is 21.2 Å². The van der Waals surface area contributed by atoms with Gasteiger partial charge in [0, 0.05) is 25.3 Å². The maximum absolute atomic E-state index is 13.3. The molecule has 0 spiro atoms. The number of ether oxygens (including phenoxy) is 4. The zero-order chi connectivity index (χ0) is 27.5. The van der Waals surface area contributed by atoms with Gasteiger partial charge in [0.25, 0.3) is 0 Å². The van der Waals surface area contributed by atoms with Gasteiger partial charge in [0.05, 0.1) is 32.0 Å². The van der Waals surface area contributed by atoms with Crippen molar-refractivity contribution in [2.75, 3.05) is 43.7 Å². The van der Waals surface area contributed by atoms with Gasteiger partial charge in [-0.2, -0.15) is 5.26 Å². The number of anilines is 2. The minimum absolute atomic E-state index is 0.120. The highest BCUT2D eigenvalue weighted by atomic mass is 16.6. The monoisotopic (exact) mass is 536 g/mol. The molecule has 0 radical (unpaired) electrons. The lowest BCUT2D eigenvalue weighted by atomic mass is 10.0. The topological polar surface area (TPSA) is 156 Å². The Bertz CT molecular complexity index is 1330. The number of hydrogen-bond acceptors (Lipinski definition) is 10. The van der Waals surface area contributed by atoms with Crippen LogP contribution in [0, 0.1) is 11.3 Å². The third-order valence-corrected chi connectivity index (χ3v) is 6.97. The first-order valence-electron chi connectivity index (χ1n) is 12.6. The van der Waals surface area contributed by atoms with E-state index in [1.54, 1.807) is 12.0 Å². The largest absolute Gasteiger partial charge is 0.484 e. The van der Waals surface area contributed by atoms with Gasteiger partial charge in [-0.05, 0) is 31.4 Å². The number of nitrogens with zero attached hydrogens (tertiary/aromatic N) is 5. The zero-order valence-corrected chi connectivity index (χ0v) is 21.6. The summed E-state index contributed by atoms with van der Waals surface area (Å²) in [7, 11) is 1.56. The number of aldehydes is 1. The molecule has 13 nitrogen and oxygen atoms in total. The summed E-state index contributed by atoms with van der Waals surface area (Å²) < 4.78 is 21.8. The van der Waals surface area contributed by atoms with Crippen molar-refractivity contribution in [2.45, 2.75) is 44.6 Å². The van der Waals surface area contributed by atoms with Crippen LogP contribution in [-0.2, 0) is 27.2 Å². The smallest absolute Gasteiger partial charge is 0.410 e. The average Bonchev–Trinajstić information content (AvgIpc) is 3.53. The van der Waals surface area contributed by atoms with Crippen LogP contribution in [0.3, 0.4) is 0 Å². The summed E-state index contributed by atoms with van der Waals surface area (Å²) in [6.45, 7) is 3.42. The SMILES string of the molecule is CO[C@H]1COC[C@@H]1Oc1cc(NC(=O)N2CCCc3cc(CN4C(=O)OC[C@@H]4C)c(C=O)nc32)ncc1C#N. The van der Waals surface area contributed by atoms with Gasteiger partial charge in [0.15, 0.2) is 12.4 Å². The number of rotatable bonds is 7. The molecule has 0 aromatic carbocycles. The number of nitriles is 1. The lowest BCUT2D eigenvalue weighted by Gasteiger charge is -2.29. The van der Waals surface area contributed by atoms with Crippen molar-refractivity contribution in [3.63, 3.8) is 0 Å². The Balaban J connectivity index is 1.36. The van der Waals surface area contributed by atoms with Crippen LogP contribution in [0.25, 0.3) is 0 Å². The number of aryl methyl sites for hydroxylation is 1. The molecule has 13 heteroatoms. The van der Waals surface area contributed by atoms with Gasteiger partial charge in [-0.15, -0.1) is 0 Å². The fourth-order valence-electron chi connectivity index (χ4n) is 4.80. The number of carbonyl (C=O) groups excluding carboxylic acids is 3. The Hall–Kier alpha value is -4.28. The molecule has 1 N–H and O–H groups in total. The summed E-state index contributed by atoms with van der Waals surface area (Å²) in [6.07, 6.45) is 2.16. The molecule has 39 heavy (non-hydrogen) atoms. The molecule has 2 aromatic rings. The van der Waals surface area contributed by atoms with Crippen molar-refractivity contribution < 1.29 is 33.3 Å². The van der Waals surface area contributed by atoms with Crippen LogP contribution in [0.5, 0.6) is 5.75 Å². The van der Waals surface area contributed by atoms with Crippen molar-refractivity contribution in [3.05, 3.63) is 40.7 Å². The van der Waals surface area contributed by atoms with Crippen LogP contribution in [0.2, 0.25) is 0 Å². The molecule has 3 aliphatic heterocycles. The Kier molecular flexibility index (Phi) is 7.58. The summed E-state index contributed by atoms with van der Waals surface area (Å²) >= 11 is 0. The Morgan fingerprint density at radius 1 is 1.31 bits per heavy atom. The number of hydrogen-bond donors (Lipinski definition) is 1. The van der Waals surface area contributed by atoms with Gasteiger partial charge in [-0.1, -0.05) is 0 Å². The minimum Gasteiger partial charge on any atom is -0.484 e. The normalized spacial score (nSPS) is 22.2. The van der Waals surface area contributed by atoms with Crippen LogP contribution < -0.4 is 15.0 Å². The van der Waals surface area contributed by atoms with Gasteiger partial charge >= 0.3 is 12.1 Å². The van der Waals surface area contributed by atoms with Crippen LogP contribution in [0.1, 0.15) is 40.5 Å². The van der Waals surface area contributed by atoms with Gasteiger partial charge in [-0.3, -0.25) is 19.9 Å². The molecule has 2 aromatic heterocycles.